The van der Waals surface area contributed by atoms with Crippen LogP contribution in [0.15, 0.2) is 24.3 Å². The second-order valence-corrected chi connectivity index (χ2v) is 5.81. The Hall–Kier alpha value is -0.970. The van der Waals surface area contributed by atoms with Crippen LogP contribution in [0.3, 0.4) is 0 Å². The first kappa shape index (κ1) is 13.0. The van der Waals surface area contributed by atoms with E-state index in [2.05, 4.69) is 22.4 Å². The predicted octanol–water partition coefficient (Wildman–Crippen LogP) is 1.82. The largest absolute Gasteiger partial charge is 0.304 e. The van der Waals surface area contributed by atoms with E-state index in [1.165, 1.54) is 0 Å². The number of rotatable bonds is 3. The summed E-state index contributed by atoms with van der Waals surface area (Å²) in [5.41, 5.74) is 4.47. The lowest BCUT2D eigenvalue weighted by Crippen LogP contribution is -2.56. The van der Waals surface area contributed by atoms with Gasteiger partial charge < -0.3 is 4.90 Å². The molecule has 3 rings (SSSR count). The van der Waals surface area contributed by atoms with E-state index in [-0.39, 0.29) is 5.82 Å². The van der Waals surface area contributed by atoms with Gasteiger partial charge in [-0.2, -0.15) is 0 Å². The molecule has 0 amide bonds. The SMILES string of the molecule is CN1CCN(NC2CC(c3ccccc3F)C2)CC1. The molecule has 1 aromatic carbocycles. The highest BCUT2D eigenvalue weighted by atomic mass is 19.1. The fourth-order valence-electron chi connectivity index (χ4n) is 2.98. The normalized spacial score (nSPS) is 29.2. The van der Waals surface area contributed by atoms with E-state index in [1.807, 2.05) is 12.1 Å². The average Bonchev–Trinajstić information content (AvgIpc) is 2.37. The molecule has 0 spiro atoms. The Kier molecular flexibility index (Phi) is 3.82. The molecule has 0 atom stereocenters. The summed E-state index contributed by atoms with van der Waals surface area (Å²) >= 11 is 0. The van der Waals surface area contributed by atoms with Crippen molar-refractivity contribution < 1.29 is 4.39 Å². The highest BCUT2D eigenvalue weighted by molar-refractivity contribution is 5.24. The third-order valence-corrected chi connectivity index (χ3v) is 4.35. The first-order valence-electron chi connectivity index (χ1n) is 7.16. The zero-order valence-corrected chi connectivity index (χ0v) is 11.5. The summed E-state index contributed by atoms with van der Waals surface area (Å²) in [5, 5.41) is 2.32. The molecule has 2 fully saturated rings. The molecular formula is C15H22FN3. The third-order valence-electron chi connectivity index (χ3n) is 4.35. The Morgan fingerprint density at radius 3 is 2.47 bits per heavy atom. The summed E-state index contributed by atoms with van der Waals surface area (Å²) < 4.78 is 13.7. The van der Waals surface area contributed by atoms with Gasteiger partial charge in [-0.1, -0.05) is 18.2 Å². The van der Waals surface area contributed by atoms with Gasteiger partial charge in [0.1, 0.15) is 5.82 Å². The zero-order chi connectivity index (χ0) is 13.2. The minimum absolute atomic E-state index is 0.0504. The van der Waals surface area contributed by atoms with Gasteiger partial charge in [0.2, 0.25) is 0 Å². The highest BCUT2D eigenvalue weighted by Gasteiger charge is 2.33. The Balaban J connectivity index is 1.47. The minimum Gasteiger partial charge on any atom is -0.304 e. The van der Waals surface area contributed by atoms with Crippen molar-refractivity contribution >= 4 is 0 Å². The number of halogens is 1. The highest BCUT2D eigenvalue weighted by Crippen LogP contribution is 2.38. The molecule has 0 aromatic heterocycles. The number of nitrogens with zero attached hydrogens (tertiary/aromatic N) is 2. The van der Waals surface area contributed by atoms with E-state index in [0.29, 0.717) is 12.0 Å². The molecule has 0 radical (unpaired) electrons. The third kappa shape index (κ3) is 2.96. The number of hydrogen-bond donors (Lipinski definition) is 1. The summed E-state index contributed by atoms with van der Waals surface area (Å²) in [4.78, 5) is 2.35. The van der Waals surface area contributed by atoms with Gasteiger partial charge in [0.05, 0.1) is 0 Å². The van der Waals surface area contributed by atoms with E-state index in [0.717, 1.165) is 44.6 Å². The molecule has 1 N–H and O–H groups in total. The summed E-state index contributed by atoms with van der Waals surface area (Å²) in [6.07, 6.45) is 2.10. The van der Waals surface area contributed by atoms with Gasteiger partial charge >= 0.3 is 0 Å². The maximum Gasteiger partial charge on any atom is 0.126 e. The van der Waals surface area contributed by atoms with Crippen LogP contribution in [0.2, 0.25) is 0 Å². The summed E-state index contributed by atoms with van der Waals surface area (Å²) in [6, 6.07) is 7.70. The van der Waals surface area contributed by atoms with Crippen molar-refractivity contribution in [2.24, 2.45) is 0 Å². The van der Waals surface area contributed by atoms with Crippen molar-refractivity contribution in [2.75, 3.05) is 33.2 Å². The van der Waals surface area contributed by atoms with Crippen LogP contribution in [-0.4, -0.2) is 49.2 Å². The quantitative estimate of drug-likeness (QED) is 0.897. The maximum atomic E-state index is 13.7. The molecule has 1 aliphatic heterocycles. The molecule has 4 heteroatoms. The van der Waals surface area contributed by atoms with Gasteiger partial charge in [-0.15, -0.1) is 0 Å². The van der Waals surface area contributed by atoms with Crippen LogP contribution < -0.4 is 5.43 Å². The van der Waals surface area contributed by atoms with Crippen LogP contribution in [0.25, 0.3) is 0 Å². The van der Waals surface area contributed by atoms with Crippen LogP contribution in [0, 0.1) is 5.82 Å². The molecule has 1 aromatic rings. The van der Waals surface area contributed by atoms with Crippen molar-refractivity contribution in [3.8, 4) is 0 Å². The summed E-state index contributed by atoms with van der Waals surface area (Å²) in [5.74, 6) is 0.344. The van der Waals surface area contributed by atoms with Crippen molar-refractivity contribution in [1.82, 2.24) is 15.3 Å². The van der Waals surface area contributed by atoms with Crippen LogP contribution in [0.1, 0.15) is 24.3 Å². The van der Waals surface area contributed by atoms with Crippen molar-refractivity contribution in [3.05, 3.63) is 35.6 Å². The van der Waals surface area contributed by atoms with E-state index in [9.17, 15) is 4.39 Å². The number of piperazine rings is 1. The Morgan fingerprint density at radius 1 is 1.11 bits per heavy atom. The van der Waals surface area contributed by atoms with Gasteiger partial charge in [-0.25, -0.2) is 9.40 Å². The molecule has 1 saturated carbocycles. The molecular weight excluding hydrogens is 241 g/mol. The van der Waals surface area contributed by atoms with Crippen molar-refractivity contribution in [2.45, 2.75) is 24.8 Å². The Bertz CT molecular complexity index is 423. The van der Waals surface area contributed by atoms with Gasteiger partial charge in [0.15, 0.2) is 0 Å². The van der Waals surface area contributed by atoms with Gasteiger partial charge in [0, 0.05) is 32.2 Å². The first-order chi connectivity index (χ1) is 9.22. The molecule has 3 nitrogen and oxygen atoms in total. The number of likely N-dealkylation sites (N-methyl/N-ethyl adjacent to an activating group) is 1. The Labute approximate surface area is 114 Å². The van der Waals surface area contributed by atoms with Crippen molar-refractivity contribution in [1.29, 1.82) is 0 Å². The topological polar surface area (TPSA) is 18.5 Å². The van der Waals surface area contributed by atoms with E-state index < -0.39 is 0 Å². The number of hydrogen-bond acceptors (Lipinski definition) is 3. The van der Waals surface area contributed by atoms with E-state index >= 15 is 0 Å². The van der Waals surface area contributed by atoms with Crippen molar-refractivity contribution in [3.63, 3.8) is 0 Å². The molecule has 2 aliphatic rings. The second kappa shape index (κ2) is 5.57. The predicted molar refractivity (Wildman–Crippen MR) is 74.4 cm³/mol. The van der Waals surface area contributed by atoms with Crippen LogP contribution in [-0.2, 0) is 0 Å². The lowest BCUT2D eigenvalue weighted by atomic mass is 9.76. The van der Waals surface area contributed by atoms with Crippen LogP contribution >= 0.6 is 0 Å². The Morgan fingerprint density at radius 2 is 1.79 bits per heavy atom. The minimum atomic E-state index is -0.0504. The monoisotopic (exact) mass is 263 g/mol. The fourth-order valence-corrected chi connectivity index (χ4v) is 2.98. The fraction of sp³-hybridized carbons (Fsp3) is 0.600. The number of benzene rings is 1. The summed E-state index contributed by atoms with van der Waals surface area (Å²) in [7, 11) is 2.16. The first-order valence-corrected chi connectivity index (χ1v) is 7.16. The molecule has 0 bridgehead atoms. The number of hydrazine groups is 1. The lowest BCUT2D eigenvalue weighted by Gasteiger charge is -2.42. The molecule has 1 aliphatic carbocycles. The summed E-state index contributed by atoms with van der Waals surface area (Å²) in [6.45, 7) is 4.40. The number of nitrogens with one attached hydrogen (secondary N) is 1. The van der Waals surface area contributed by atoms with Gasteiger partial charge in [-0.3, -0.25) is 5.43 Å². The molecule has 19 heavy (non-hydrogen) atoms. The van der Waals surface area contributed by atoms with Gasteiger partial charge in [0.25, 0.3) is 0 Å². The van der Waals surface area contributed by atoms with E-state index in [4.69, 9.17) is 0 Å². The zero-order valence-electron chi connectivity index (χ0n) is 11.5. The van der Waals surface area contributed by atoms with E-state index in [1.54, 1.807) is 12.1 Å². The standard InChI is InChI=1S/C15H22FN3/c1-18-6-8-19(9-7-18)17-13-10-12(11-13)14-4-2-3-5-15(14)16/h2-5,12-13,17H,6-11H2,1H3. The maximum absolute atomic E-state index is 13.7. The molecule has 1 heterocycles. The molecule has 104 valence electrons. The smallest absolute Gasteiger partial charge is 0.126 e. The molecule has 0 unspecified atom stereocenters. The van der Waals surface area contributed by atoms with Crippen LogP contribution in [0.5, 0.6) is 0 Å². The average molecular weight is 263 g/mol. The lowest BCUT2D eigenvalue weighted by molar-refractivity contribution is 0.0624. The van der Waals surface area contributed by atoms with Crippen LogP contribution in [0.4, 0.5) is 4.39 Å². The second-order valence-electron chi connectivity index (χ2n) is 5.81. The molecule has 1 saturated heterocycles. The van der Waals surface area contributed by atoms with Gasteiger partial charge in [-0.05, 0) is 37.4 Å².